The highest BCUT2D eigenvalue weighted by atomic mass is 16.5. The Bertz CT molecular complexity index is 248. The van der Waals surface area contributed by atoms with E-state index in [0.717, 1.165) is 45.6 Å². The first kappa shape index (κ1) is 17.9. The lowest BCUT2D eigenvalue weighted by molar-refractivity contribution is -0.00809. The molecule has 5 nitrogen and oxygen atoms in total. The van der Waals surface area contributed by atoms with Gasteiger partial charge in [-0.25, -0.2) is 0 Å². The molecule has 1 fully saturated rings. The number of piperazine rings is 1. The first-order chi connectivity index (χ1) is 9.40. The number of unbranched alkanes of at least 4 members (excludes halogenated alkanes) is 1. The molecule has 1 aliphatic rings. The molecule has 1 unspecified atom stereocenters. The van der Waals surface area contributed by atoms with Crippen molar-refractivity contribution in [3.8, 4) is 0 Å². The van der Waals surface area contributed by atoms with Crippen molar-refractivity contribution in [2.24, 2.45) is 0 Å². The van der Waals surface area contributed by atoms with Gasteiger partial charge in [0.15, 0.2) is 0 Å². The van der Waals surface area contributed by atoms with Crippen LogP contribution in [0.5, 0.6) is 0 Å². The van der Waals surface area contributed by atoms with Crippen LogP contribution in [-0.2, 0) is 4.74 Å². The summed E-state index contributed by atoms with van der Waals surface area (Å²) < 4.78 is 5.44. The molecule has 1 rings (SSSR count). The normalized spacial score (nSPS) is 20.2. The van der Waals surface area contributed by atoms with Gasteiger partial charge in [0, 0.05) is 45.9 Å². The number of aliphatic hydroxyl groups is 2. The summed E-state index contributed by atoms with van der Waals surface area (Å²) in [5.74, 6) is 0. The van der Waals surface area contributed by atoms with E-state index in [0.29, 0.717) is 19.7 Å². The Balaban J connectivity index is 2.12. The number of ether oxygens (including phenoxy) is 1. The van der Waals surface area contributed by atoms with Crippen molar-refractivity contribution in [3.05, 3.63) is 0 Å². The number of rotatable bonds is 9. The second-order valence-electron chi connectivity index (χ2n) is 6.47. The van der Waals surface area contributed by atoms with E-state index in [-0.39, 0.29) is 0 Å². The molecule has 0 aliphatic carbocycles. The van der Waals surface area contributed by atoms with Gasteiger partial charge in [-0.05, 0) is 20.3 Å². The van der Waals surface area contributed by atoms with Gasteiger partial charge in [0.2, 0.25) is 0 Å². The van der Waals surface area contributed by atoms with Crippen molar-refractivity contribution in [1.29, 1.82) is 0 Å². The van der Waals surface area contributed by atoms with Crippen LogP contribution < -0.4 is 0 Å². The summed E-state index contributed by atoms with van der Waals surface area (Å²) in [4.78, 5) is 4.55. The number of hydrogen-bond donors (Lipinski definition) is 2. The summed E-state index contributed by atoms with van der Waals surface area (Å²) in [7, 11) is 0. The van der Waals surface area contributed by atoms with Crippen LogP contribution in [0.25, 0.3) is 0 Å². The van der Waals surface area contributed by atoms with Crippen LogP contribution in [0, 0.1) is 0 Å². The summed E-state index contributed by atoms with van der Waals surface area (Å²) >= 11 is 0. The van der Waals surface area contributed by atoms with Crippen molar-refractivity contribution in [2.45, 2.75) is 45.3 Å². The minimum atomic E-state index is -0.630. The molecule has 1 atom stereocenters. The molecule has 20 heavy (non-hydrogen) atoms. The molecule has 1 aliphatic heterocycles. The van der Waals surface area contributed by atoms with Gasteiger partial charge >= 0.3 is 0 Å². The van der Waals surface area contributed by atoms with E-state index in [1.807, 2.05) is 13.8 Å². The quantitative estimate of drug-likeness (QED) is 0.607. The molecule has 1 saturated heterocycles. The summed E-state index contributed by atoms with van der Waals surface area (Å²) in [6, 6.07) is 0. The van der Waals surface area contributed by atoms with E-state index in [9.17, 15) is 10.2 Å². The number of aliphatic hydroxyl groups excluding tert-OH is 1. The summed E-state index contributed by atoms with van der Waals surface area (Å²) in [5.41, 5.74) is -0.630. The zero-order valence-corrected chi connectivity index (χ0v) is 13.3. The zero-order chi connectivity index (χ0) is 15.0. The third kappa shape index (κ3) is 8.17. The first-order valence-corrected chi connectivity index (χ1v) is 7.83. The average molecular weight is 288 g/mol. The topological polar surface area (TPSA) is 56.2 Å². The molecule has 0 bridgehead atoms. The van der Waals surface area contributed by atoms with Crippen molar-refractivity contribution >= 4 is 0 Å². The fraction of sp³-hybridized carbons (Fsp3) is 1.00. The second-order valence-corrected chi connectivity index (χ2v) is 6.47. The van der Waals surface area contributed by atoms with Crippen molar-refractivity contribution in [1.82, 2.24) is 9.80 Å². The maximum Gasteiger partial charge on any atom is 0.0900 e. The number of nitrogens with zero attached hydrogens (tertiary/aromatic N) is 2. The number of hydrogen-bond acceptors (Lipinski definition) is 5. The van der Waals surface area contributed by atoms with Crippen LogP contribution in [0.2, 0.25) is 0 Å². The summed E-state index contributed by atoms with van der Waals surface area (Å²) in [5, 5.41) is 19.7. The molecule has 0 aromatic heterocycles. The third-order valence-electron chi connectivity index (χ3n) is 3.50. The second kappa shape index (κ2) is 8.95. The fourth-order valence-corrected chi connectivity index (χ4v) is 2.49. The van der Waals surface area contributed by atoms with Gasteiger partial charge in [0.25, 0.3) is 0 Å². The highest BCUT2D eigenvalue weighted by Crippen LogP contribution is 2.09. The summed E-state index contributed by atoms with van der Waals surface area (Å²) in [6.07, 6.45) is 1.79. The van der Waals surface area contributed by atoms with Gasteiger partial charge in [-0.1, -0.05) is 13.3 Å². The van der Waals surface area contributed by atoms with Gasteiger partial charge in [-0.2, -0.15) is 0 Å². The standard InChI is InChI=1S/C15H32N2O3/c1-4-5-10-20-12-14(18)11-16-6-8-17(9-7-16)13-15(2,3)19/h14,18-19H,4-13H2,1-3H3. The molecule has 0 aromatic carbocycles. The zero-order valence-electron chi connectivity index (χ0n) is 13.3. The molecule has 0 spiro atoms. The highest BCUT2D eigenvalue weighted by Gasteiger charge is 2.23. The minimum Gasteiger partial charge on any atom is -0.389 e. The Hall–Kier alpha value is -0.200. The van der Waals surface area contributed by atoms with E-state index in [1.54, 1.807) is 0 Å². The van der Waals surface area contributed by atoms with Crippen LogP contribution in [0.3, 0.4) is 0 Å². The van der Waals surface area contributed by atoms with Crippen molar-refractivity contribution in [2.75, 3.05) is 52.5 Å². The van der Waals surface area contributed by atoms with Gasteiger partial charge in [0.05, 0.1) is 18.3 Å². The maximum atomic E-state index is 9.93. The SMILES string of the molecule is CCCCOCC(O)CN1CCN(CC(C)(C)O)CC1. The lowest BCUT2D eigenvalue weighted by Gasteiger charge is -2.37. The fourth-order valence-electron chi connectivity index (χ4n) is 2.49. The van der Waals surface area contributed by atoms with E-state index in [2.05, 4.69) is 16.7 Å². The van der Waals surface area contributed by atoms with E-state index < -0.39 is 11.7 Å². The Morgan fingerprint density at radius 3 is 2.30 bits per heavy atom. The average Bonchev–Trinajstić information content (AvgIpc) is 2.35. The smallest absolute Gasteiger partial charge is 0.0900 e. The highest BCUT2D eigenvalue weighted by molar-refractivity contribution is 4.78. The molecular formula is C15H32N2O3. The molecule has 1 heterocycles. The van der Waals surface area contributed by atoms with Gasteiger partial charge < -0.3 is 14.9 Å². The van der Waals surface area contributed by atoms with Crippen molar-refractivity contribution in [3.63, 3.8) is 0 Å². The monoisotopic (exact) mass is 288 g/mol. The Morgan fingerprint density at radius 1 is 1.15 bits per heavy atom. The molecule has 0 radical (unpaired) electrons. The Labute approximate surface area is 123 Å². The van der Waals surface area contributed by atoms with Gasteiger partial charge in [-0.3, -0.25) is 9.80 Å². The lowest BCUT2D eigenvalue weighted by Crippen LogP contribution is -2.52. The Morgan fingerprint density at radius 2 is 1.75 bits per heavy atom. The third-order valence-corrected chi connectivity index (χ3v) is 3.50. The van der Waals surface area contributed by atoms with E-state index >= 15 is 0 Å². The van der Waals surface area contributed by atoms with Crippen LogP contribution >= 0.6 is 0 Å². The maximum absolute atomic E-state index is 9.93. The Kier molecular flexibility index (Phi) is 7.99. The van der Waals surface area contributed by atoms with Crippen LogP contribution in [0.4, 0.5) is 0 Å². The van der Waals surface area contributed by atoms with Gasteiger partial charge in [-0.15, -0.1) is 0 Å². The largest absolute Gasteiger partial charge is 0.389 e. The molecular weight excluding hydrogens is 256 g/mol. The first-order valence-electron chi connectivity index (χ1n) is 7.83. The molecule has 2 N–H and O–H groups in total. The lowest BCUT2D eigenvalue weighted by atomic mass is 10.1. The van der Waals surface area contributed by atoms with Gasteiger partial charge in [0.1, 0.15) is 0 Å². The van der Waals surface area contributed by atoms with Crippen LogP contribution in [0.15, 0.2) is 0 Å². The number of β-amino-alcohol motifs (C(OH)–C–C–N with tert-alkyl or cyclic N) is 2. The predicted octanol–water partition coefficient (Wildman–Crippen LogP) is 0.553. The summed E-state index contributed by atoms with van der Waals surface area (Å²) in [6.45, 7) is 12.2. The van der Waals surface area contributed by atoms with E-state index in [1.165, 1.54) is 0 Å². The molecule has 0 amide bonds. The molecule has 120 valence electrons. The van der Waals surface area contributed by atoms with Crippen LogP contribution in [-0.4, -0.2) is 84.2 Å². The molecule has 0 aromatic rings. The predicted molar refractivity (Wildman–Crippen MR) is 80.9 cm³/mol. The van der Waals surface area contributed by atoms with Crippen LogP contribution in [0.1, 0.15) is 33.6 Å². The molecule has 0 saturated carbocycles. The minimum absolute atomic E-state index is 0.396. The molecule has 5 heteroatoms. The van der Waals surface area contributed by atoms with Crippen molar-refractivity contribution < 1.29 is 14.9 Å². The van der Waals surface area contributed by atoms with E-state index in [4.69, 9.17) is 4.74 Å².